The molecular weight excluding hydrogens is 528 g/mol. The lowest BCUT2D eigenvalue weighted by molar-refractivity contribution is -0.107. The fraction of sp³-hybridized carbons (Fsp3) is 0.289. The SMILES string of the molecule is N=c1c2c(-c3ccccc3)c(-c3ccccc3)n(Cc3cccc(C#CCCCCC=O)c3)c2ncn1C1CCCCC1. The third-order valence-electron chi connectivity index (χ3n) is 8.49. The average molecular weight is 567 g/mol. The summed E-state index contributed by atoms with van der Waals surface area (Å²) in [5.74, 6) is 6.59. The van der Waals surface area contributed by atoms with Gasteiger partial charge in [-0.25, -0.2) is 4.98 Å². The summed E-state index contributed by atoms with van der Waals surface area (Å²) in [6, 6.07) is 29.7. The molecule has 0 saturated heterocycles. The topological polar surface area (TPSA) is 63.7 Å². The third kappa shape index (κ3) is 6.24. The van der Waals surface area contributed by atoms with E-state index in [1.54, 1.807) is 0 Å². The molecule has 0 amide bonds. The van der Waals surface area contributed by atoms with Gasteiger partial charge < -0.3 is 13.9 Å². The van der Waals surface area contributed by atoms with E-state index in [4.69, 9.17) is 4.98 Å². The molecule has 3 aromatic carbocycles. The van der Waals surface area contributed by atoms with Crippen LogP contribution in [0.15, 0.2) is 91.3 Å². The van der Waals surface area contributed by atoms with Gasteiger partial charge in [0.05, 0.1) is 17.4 Å². The van der Waals surface area contributed by atoms with Crippen molar-refractivity contribution in [2.75, 3.05) is 0 Å². The maximum Gasteiger partial charge on any atom is 0.146 e. The molecule has 0 bridgehead atoms. The number of carbonyl (C=O) groups is 1. The zero-order valence-electron chi connectivity index (χ0n) is 24.6. The minimum absolute atomic E-state index is 0.319. The molecule has 0 unspecified atom stereocenters. The molecule has 1 aliphatic rings. The van der Waals surface area contributed by atoms with Crippen molar-refractivity contribution in [3.8, 4) is 34.2 Å². The number of unbranched alkanes of at least 4 members (excludes halogenated alkanes) is 3. The van der Waals surface area contributed by atoms with Crippen molar-refractivity contribution in [1.29, 1.82) is 5.41 Å². The van der Waals surface area contributed by atoms with Crippen LogP contribution in [0.2, 0.25) is 0 Å². The van der Waals surface area contributed by atoms with Gasteiger partial charge in [-0.1, -0.05) is 104 Å². The Morgan fingerprint density at radius 3 is 2.37 bits per heavy atom. The van der Waals surface area contributed by atoms with E-state index in [9.17, 15) is 10.2 Å². The highest BCUT2D eigenvalue weighted by Crippen LogP contribution is 2.40. The molecule has 5 heteroatoms. The van der Waals surface area contributed by atoms with Gasteiger partial charge in [-0.05, 0) is 54.5 Å². The quantitative estimate of drug-likeness (QED) is 0.111. The summed E-state index contributed by atoms with van der Waals surface area (Å²) in [6.45, 7) is 0.613. The van der Waals surface area contributed by atoms with Crippen LogP contribution in [0.4, 0.5) is 0 Å². The zero-order chi connectivity index (χ0) is 29.4. The van der Waals surface area contributed by atoms with Gasteiger partial charge in [0.25, 0.3) is 0 Å². The summed E-state index contributed by atoms with van der Waals surface area (Å²) in [5, 5.41) is 10.5. The third-order valence-corrected chi connectivity index (χ3v) is 8.49. The number of aromatic nitrogens is 3. The van der Waals surface area contributed by atoms with E-state index >= 15 is 0 Å². The largest absolute Gasteiger partial charge is 0.320 e. The summed E-state index contributed by atoms with van der Waals surface area (Å²) >= 11 is 0. The summed E-state index contributed by atoms with van der Waals surface area (Å²) < 4.78 is 4.42. The molecule has 5 aromatic rings. The van der Waals surface area contributed by atoms with Crippen molar-refractivity contribution in [2.24, 2.45) is 0 Å². The molecule has 0 atom stereocenters. The number of rotatable bonds is 9. The number of fused-ring (bicyclic) bond motifs is 1. The molecule has 5 nitrogen and oxygen atoms in total. The second-order valence-corrected chi connectivity index (χ2v) is 11.4. The van der Waals surface area contributed by atoms with Crippen LogP contribution in [0, 0.1) is 17.3 Å². The Morgan fingerprint density at radius 1 is 0.884 bits per heavy atom. The number of benzene rings is 3. The Hall–Kier alpha value is -4.69. The molecule has 0 radical (unpaired) electrons. The van der Waals surface area contributed by atoms with Gasteiger partial charge in [0.15, 0.2) is 0 Å². The Morgan fingerprint density at radius 2 is 1.63 bits per heavy atom. The molecule has 1 N–H and O–H groups in total. The van der Waals surface area contributed by atoms with E-state index in [2.05, 4.69) is 93.8 Å². The van der Waals surface area contributed by atoms with E-state index in [0.29, 0.717) is 24.5 Å². The number of aldehydes is 1. The van der Waals surface area contributed by atoms with Gasteiger partial charge in [-0.15, -0.1) is 0 Å². The molecule has 6 rings (SSSR count). The van der Waals surface area contributed by atoms with Crippen molar-refractivity contribution in [3.63, 3.8) is 0 Å². The number of nitrogens with zero attached hydrogens (tertiary/aromatic N) is 3. The Balaban J connectivity index is 1.50. The lowest BCUT2D eigenvalue weighted by Gasteiger charge is -2.24. The van der Waals surface area contributed by atoms with E-state index in [0.717, 1.165) is 82.9 Å². The molecular formula is C38H38N4O. The smallest absolute Gasteiger partial charge is 0.146 e. The second kappa shape index (κ2) is 13.5. The molecule has 1 saturated carbocycles. The van der Waals surface area contributed by atoms with Crippen molar-refractivity contribution in [2.45, 2.75) is 70.4 Å². The molecule has 0 spiro atoms. The zero-order valence-corrected chi connectivity index (χ0v) is 24.6. The molecule has 2 heterocycles. The van der Waals surface area contributed by atoms with Crippen molar-refractivity contribution in [3.05, 3.63) is 108 Å². The van der Waals surface area contributed by atoms with Gasteiger partial charge in [0, 0.05) is 36.6 Å². The minimum Gasteiger partial charge on any atom is -0.320 e. The van der Waals surface area contributed by atoms with Gasteiger partial charge >= 0.3 is 0 Å². The number of hydrogen-bond donors (Lipinski definition) is 1. The van der Waals surface area contributed by atoms with Crippen LogP contribution >= 0.6 is 0 Å². The normalized spacial score (nSPS) is 13.5. The maximum atomic E-state index is 10.6. The summed E-state index contributed by atoms with van der Waals surface area (Å²) in [4.78, 5) is 15.7. The van der Waals surface area contributed by atoms with Crippen LogP contribution in [-0.4, -0.2) is 20.4 Å². The number of hydrogen-bond acceptors (Lipinski definition) is 3. The van der Waals surface area contributed by atoms with Gasteiger partial charge in [-0.2, -0.15) is 0 Å². The molecule has 216 valence electrons. The van der Waals surface area contributed by atoms with Crippen molar-refractivity contribution >= 4 is 17.3 Å². The monoisotopic (exact) mass is 566 g/mol. The van der Waals surface area contributed by atoms with Crippen LogP contribution < -0.4 is 5.49 Å². The predicted molar refractivity (Wildman–Crippen MR) is 174 cm³/mol. The lowest BCUT2D eigenvalue weighted by atomic mass is 9.95. The predicted octanol–water partition coefficient (Wildman–Crippen LogP) is 8.32. The highest BCUT2D eigenvalue weighted by molar-refractivity contribution is 6.02. The first-order chi connectivity index (χ1) is 21.2. The fourth-order valence-electron chi connectivity index (χ4n) is 6.38. The molecule has 1 fully saturated rings. The summed E-state index contributed by atoms with van der Waals surface area (Å²) in [5.41, 5.74) is 7.84. The second-order valence-electron chi connectivity index (χ2n) is 11.4. The van der Waals surface area contributed by atoms with E-state index in [-0.39, 0.29) is 0 Å². The first-order valence-electron chi connectivity index (χ1n) is 15.5. The van der Waals surface area contributed by atoms with Gasteiger partial charge in [-0.3, -0.25) is 5.41 Å². The van der Waals surface area contributed by atoms with Crippen LogP contribution in [0.25, 0.3) is 33.4 Å². The lowest BCUT2D eigenvalue weighted by Crippen LogP contribution is -2.27. The average Bonchev–Trinajstić information content (AvgIpc) is 3.39. The van der Waals surface area contributed by atoms with E-state index in [1.807, 2.05) is 18.5 Å². The Kier molecular flexibility index (Phi) is 8.94. The first kappa shape index (κ1) is 28.4. The molecule has 0 aliphatic heterocycles. The number of nitrogens with one attached hydrogen (secondary N) is 1. The molecule has 43 heavy (non-hydrogen) atoms. The minimum atomic E-state index is 0.319. The van der Waals surface area contributed by atoms with Crippen molar-refractivity contribution < 1.29 is 4.79 Å². The Labute approximate surface area is 253 Å². The van der Waals surface area contributed by atoms with Crippen LogP contribution in [0.5, 0.6) is 0 Å². The van der Waals surface area contributed by atoms with Crippen LogP contribution in [0.1, 0.15) is 75.0 Å². The molecule has 2 aromatic heterocycles. The summed E-state index contributed by atoms with van der Waals surface area (Å²) in [7, 11) is 0. The van der Waals surface area contributed by atoms with Gasteiger partial charge in [0.2, 0.25) is 0 Å². The summed E-state index contributed by atoms with van der Waals surface area (Å²) in [6.07, 6.45) is 12.0. The highest BCUT2D eigenvalue weighted by Gasteiger charge is 2.25. The fourth-order valence-corrected chi connectivity index (χ4v) is 6.38. The first-order valence-corrected chi connectivity index (χ1v) is 15.5. The molecule has 1 aliphatic carbocycles. The highest BCUT2D eigenvalue weighted by atomic mass is 16.1. The van der Waals surface area contributed by atoms with Gasteiger partial charge in [0.1, 0.15) is 17.4 Å². The van der Waals surface area contributed by atoms with Crippen LogP contribution in [0.3, 0.4) is 0 Å². The number of carbonyl (C=O) groups excluding carboxylic acids is 1. The Bertz CT molecular complexity index is 1820. The maximum absolute atomic E-state index is 10.6. The van der Waals surface area contributed by atoms with Crippen molar-refractivity contribution in [1.82, 2.24) is 14.1 Å². The van der Waals surface area contributed by atoms with E-state index in [1.165, 1.54) is 19.3 Å². The van der Waals surface area contributed by atoms with E-state index < -0.39 is 0 Å². The van der Waals surface area contributed by atoms with Crippen LogP contribution in [-0.2, 0) is 11.3 Å². The standard InChI is InChI=1S/C38H38N4O/c39-37-35-34(31-19-8-4-9-20-31)36(32-21-10-5-11-22-32)41(38(35)40-28-42(37)33-23-12-6-13-24-33)27-30-18-15-17-29(26-30)16-7-2-1-3-14-25-43/h4-5,8-11,15,17-22,25-26,28,33,39H,1-3,6,12-14,23-24,27H2.